The van der Waals surface area contributed by atoms with Crippen molar-refractivity contribution in [1.29, 1.82) is 0 Å². The van der Waals surface area contributed by atoms with Crippen molar-refractivity contribution in [3.8, 4) is 17.0 Å². The molecule has 0 saturated heterocycles. The molecule has 1 aromatic carbocycles. The number of methoxy groups -OCH3 is 1. The van der Waals surface area contributed by atoms with Gasteiger partial charge in [0.15, 0.2) is 6.29 Å². The summed E-state index contributed by atoms with van der Waals surface area (Å²) < 4.78 is 10.4. The van der Waals surface area contributed by atoms with E-state index in [-0.39, 0.29) is 0 Å². The topological polar surface area (TPSA) is 64.2 Å². The lowest BCUT2D eigenvalue weighted by Gasteiger charge is -2.06. The number of ether oxygens (including phenoxy) is 2. The van der Waals surface area contributed by atoms with Gasteiger partial charge in [-0.15, -0.1) is 0 Å². The van der Waals surface area contributed by atoms with Gasteiger partial charge < -0.3 is 9.47 Å². The minimum atomic E-state index is 0.513. The molecule has 0 radical (unpaired) electrons. The van der Waals surface area contributed by atoms with Crippen molar-refractivity contribution in [2.24, 2.45) is 0 Å². The van der Waals surface area contributed by atoms with E-state index in [0.29, 0.717) is 24.5 Å². The molecule has 1 N–H and O–H groups in total. The van der Waals surface area contributed by atoms with Crippen LogP contribution in [0, 0.1) is 0 Å². The molecule has 0 aliphatic heterocycles. The van der Waals surface area contributed by atoms with Crippen molar-refractivity contribution < 1.29 is 14.3 Å². The summed E-state index contributed by atoms with van der Waals surface area (Å²) in [7, 11) is 1.63. The zero-order valence-electron chi connectivity index (χ0n) is 10.1. The number of hydrogen-bond acceptors (Lipinski definition) is 4. The summed E-state index contributed by atoms with van der Waals surface area (Å²) in [5, 5.41) is 6.65. The van der Waals surface area contributed by atoms with Crippen LogP contribution in [-0.4, -0.2) is 36.8 Å². The molecular formula is C13H14N2O3. The summed E-state index contributed by atoms with van der Waals surface area (Å²) in [6, 6.07) is 7.45. The molecule has 1 aromatic heterocycles. The van der Waals surface area contributed by atoms with E-state index in [9.17, 15) is 4.79 Å². The van der Waals surface area contributed by atoms with E-state index in [2.05, 4.69) is 10.2 Å². The Bertz CT molecular complexity index is 505. The number of carbonyl (C=O) groups excluding carboxylic acids is 1. The van der Waals surface area contributed by atoms with Crippen molar-refractivity contribution in [3.05, 3.63) is 36.0 Å². The van der Waals surface area contributed by atoms with Gasteiger partial charge in [-0.1, -0.05) is 0 Å². The molecular weight excluding hydrogens is 232 g/mol. The van der Waals surface area contributed by atoms with Crippen LogP contribution in [0.5, 0.6) is 5.75 Å². The van der Waals surface area contributed by atoms with Crippen molar-refractivity contribution in [2.75, 3.05) is 20.3 Å². The van der Waals surface area contributed by atoms with Gasteiger partial charge in [-0.25, -0.2) is 0 Å². The van der Waals surface area contributed by atoms with Crippen LogP contribution in [0.4, 0.5) is 0 Å². The van der Waals surface area contributed by atoms with Gasteiger partial charge in [0.2, 0.25) is 0 Å². The van der Waals surface area contributed by atoms with Crippen molar-refractivity contribution >= 4 is 6.29 Å². The van der Waals surface area contributed by atoms with Crippen LogP contribution in [0.2, 0.25) is 0 Å². The number of aromatic amines is 1. The van der Waals surface area contributed by atoms with Crippen LogP contribution in [0.15, 0.2) is 30.5 Å². The number of benzene rings is 1. The lowest BCUT2D eigenvalue weighted by atomic mass is 10.1. The molecule has 0 aliphatic rings. The summed E-state index contributed by atoms with van der Waals surface area (Å²) in [5.41, 5.74) is 2.16. The van der Waals surface area contributed by atoms with Crippen LogP contribution < -0.4 is 4.74 Å². The first-order chi connectivity index (χ1) is 8.85. The Hall–Kier alpha value is -2.14. The van der Waals surface area contributed by atoms with Crippen molar-refractivity contribution in [3.63, 3.8) is 0 Å². The molecule has 0 bridgehead atoms. The molecule has 0 amide bonds. The molecule has 94 valence electrons. The number of carbonyl (C=O) groups is 1. The highest BCUT2D eigenvalue weighted by atomic mass is 16.5. The minimum absolute atomic E-state index is 0.513. The lowest BCUT2D eigenvalue weighted by Crippen LogP contribution is -2.03. The molecule has 18 heavy (non-hydrogen) atoms. The second-order valence-electron chi connectivity index (χ2n) is 3.68. The molecule has 2 rings (SSSR count). The zero-order valence-corrected chi connectivity index (χ0v) is 10.1. The van der Waals surface area contributed by atoms with Gasteiger partial charge >= 0.3 is 0 Å². The maximum absolute atomic E-state index is 10.8. The summed E-state index contributed by atoms with van der Waals surface area (Å²) in [4.78, 5) is 10.8. The minimum Gasteiger partial charge on any atom is -0.491 e. The molecule has 0 atom stereocenters. The molecule has 0 saturated carbocycles. The van der Waals surface area contributed by atoms with E-state index in [1.807, 2.05) is 24.3 Å². The van der Waals surface area contributed by atoms with Crippen LogP contribution in [-0.2, 0) is 4.74 Å². The predicted molar refractivity (Wildman–Crippen MR) is 66.8 cm³/mol. The zero-order chi connectivity index (χ0) is 12.8. The Morgan fingerprint density at radius 3 is 2.72 bits per heavy atom. The molecule has 0 spiro atoms. The third kappa shape index (κ3) is 2.75. The summed E-state index contributed by atoms with van der Waals surface area (Å²) in [5.74, 6) is 0.767. The Kier molecular flexibility index (Phi) is 4.09. The van der Waals surface area contributed by atoms with E-state index in [4.69, 9.17) is 9.47 Å². The van der Waals surface area contributed by atoms with Crippen LogP contribution in [0.1, 0.15) is 10.4 Å². The van der Waals surface area contributed by atoms with E-state index < -0.39 is 0 Å². The highest BCUT2D eigenvalue weighted by Crippen LogP contribution is 2.22. The van der Waals surface area contributed by atoms with Gasteiger partial charge in [-0.05, 0) is 24.3 Å². The number of nitrogens with zero attached hydrogens (tertiary/aromatic N) is 1. The van der Waals surface area contributed by atoms with Crippen LogP contribution >= 0.6 is 0 Å². The summed E-state index contributed by atoms with van der Waals surface area (Å²) >= 11 is 0. The van der Waals surface area contributed by atoms with Gasteiger partial charge in [-0.3, -0.25) is 9.89 Å². The predicted octanol–water partition coefficient (Wildman–Crippen LogP) is 1.91. The average Bonchev–Trinajstić information content (AvgIpc) is 2.88. The van der Waals surface area contributed by atoms with Gasteiger partial charge in [-0.2, -0.15) is 5.10 Å². The average molecular weight is 246 g/mol. The molecule has 0 aliphatic carbocycles. The normalized spacial score (nSPS) is 10.3. The molecule has 2 aromatic rings. The summed E-state index contributed by atoms with van der Waals surface area (Å²) in [6.07, 6.45) is 2.28. The molecule has 5 heteroatoms. The van der Waals surface area contributed by atoms with E-state index in [1.165, 1.54) is 6.20 Å². The fourth-order valence-corrected chi connectivity index (χ4v) is 1.58. The summed E-state index contributed by atoms with van der Waals surface area (Å²) in [6.45, 7) is 1.07. The van der Waals surface area contributed by atoms with Gasteiger partial charge in [0.05, 0.1) is 24.1 Å². The van der Waals surface area contributed by atoms with Gasteiger partial charge in [0.25, 0.3) is 0 Å². The first-order valence-corrected chi connectivity index (χ1v) is 5.56. The van der Waals surface area contributed by atoms with Gasteiger partial charge in [0.1, 0.15) is 12.4 Å². The molecule has 0 unspecified atom stereocenters. The number of hydrogen-bond donors (Lipinski definition) is 1. The number of H-pyrrole nitrogens is 1. The lowest BCUT2D eigenvalue weighted by molar-refractivity contribution is 0.112. The first-order valence-electron chi connectivity index (χ1n) is 5.56. The SMILES string of the molecule is COCCOc1ccc(-c2[nH]ncc2C=O)cc1. The Morgan fingerprint density at radius 1 is 1.28 bits per heavy atom. The molecule has 0 fully saturated rings. The standard InChI is InChI=1S/C13H14N2O3/c1-17-6-7-18-12-4-2-10(3-5-12)13-11(9-16)8-14-15-13/h2-5,8-9H,6-7H2,1H3,(H,14,15). The molecule has 1 heterocycles. The second kappa shape index (κ2) is 5.97. The van der Waals surface area contributed by atoms with Crippen molar-refractivity contribution in [1.82, 2.24) is 10.2 Å². The Labute approximate surface area is 105 Å². The fourth-order valence-electron chi connectivity index (χ4n) is 1.58. The fraction of sp³-hybridized carbons (Fsp3) is 0.231. The second-order valence-corrected chi connectivity index (χ2v) is 3.68. The number of aromatic nitrogens is 2. The maximum atomic E-state index is 10.8. The Balaban J connectivity index is 2.10. The maximum Gasteiger partial charge on any atom is 0.153 e. The monoisotopic (exact) mass is 246 g/mol. The smallest absolute Gasteiger partial charge is 0.153 e. The highest BCUT2D eigenvalue weighted by Gasteiger charge is 2.06. The highest BCUT2D eigenvalue weighted by molar-refractivity contribution is 5.85. The van der Waals surface area contributed by atoms with Gasteiger partial charge in [0, 0.05) is 12.7 Å². The van der Waals surface area contributed by atoms with E-state index in [1.54, 1.807) is 7.11 Å². The first kappa shape index (κ1) is 12.3. The van der Waals surface area contributed by atoms with Crippen molar-refractivity contribution in [2.45, 2.75) is 0 Å². The van der Waals surface area contributed by atoms with E-state index in [0.717, 1.165) is 17.6 Å². The Morgan fingerprint density at radius 2 is 2.06 bits per heavy atom. The largest absolute Gasteiger partial charge is 0.491 e. The number of nitrogens with one attached hydrogen (secondary N) is 1. The van der Waals surface area contributed by atoms with Crippen LogP contribution in [0.3, 0.4) is 0 Å². The third-order valence-electron chi connectivity index (χ3n) is 2.49. The third-order valence-corrected chi connectivity index (χ3v) is 2.49. The molecule has 5 nitrogen and oxygen atoms in total. The van der Waals surface area contributed by atoms with E-state index >= 15 is 0 Å². The number of aldehydes is 1. The van der Waals surface area contributed by atoms with Crippen LogP contribution in [0.25, 0.3) is 11.3 Å². The number of rotatable bonds is 6. The quantitative estimate of drug-likeness (QED) is 0.624.